The Labute approximate surface area is 193 Å². The highest BCUT2D eigenvalue weighted by Gasteiger charge is 2.29. The van der Waals surface area contributed by atoms with Crippen LogP contribution in [-0.2, 0) is 4.79 Å². The summed E-state index contributed by atoms with van der Waals surface area (Å²) in [6.45, 7) is 9.74. The quantitative estimate of drug-likeness (QED) is 0.524. The number of carbonyl (C=O) groups is 1. The average molecular weight is 441 g/mol. The Morgan fingerprint density at radius 2 is 1.75 bits per heavy atom. The topological polar surface area (TPSA) is 63.2 Å². The van der Waals surface area contributed by atoms with E-state index in [2.05, 4.69) is 61.5 Å². The first-order valence-electron chi connectivity index (χ1n) is 12.4. The molecule has 1 atom stereocenters. The fourth-order valence-electron chi connectivity index (χ4n) is 5.21. The molecule has 2 saturated heterocycles. The number of nitrogens with zero attached hydrogens (tertiary/aromatic N) is 4. The fraction of sp³-hybridized carbons (Fsp3) is 0.680. The second kappa shape index (κ2) is 11.0. The molecular weight excluding hydrogens is 400 g/mol. The molecule has 1 amide bonds. The van der Waals surface area contributed by atoms with Crippen molar-refractivity contribution in [3.05, 3.63) is 29.8 Å². The molecule has 1 aliphatic carbocycles. The molecule has 1 aromatic rings. The molecule has 7 heteroatoms. The van der Waals surface area contributed by atoms with Gasteiger partial charge in [0.1, 0.15) is 0 Å². The third-order valence-electron chi connectivity index (χ3n) is 7.26. The van der Waals surface area contributed by atoms with E-state index in [0.29, 0.717) is 17.9 Å². The van der Waals surface area contributed by atoms with E-state index in [1.54, 1.807) is 0 Å². The predicted molar refractivity (Wildman–Crippen MR) is 131 cm³/mol. The van der Waals surface area contributed by atoms with Crippen LogP contribution in [0.5, 0.6) is 0 Å². The van der Waals surface area contributed by atoms with Crippen molar-refractivity contribution in [1.29, 1.82) is 0 Å². The van der Waals surface area contributed by atoms with Gasteiger partial charge in [-0.3, -0.25) is 14.7 Å². The van der Waals surface area contributed by atoms with E-state index >= 15 is 0 Å². The molecule has 3 aliphatic rings. The van der Waals surface area contributed by atoms with E-state index in [9.17, 15) is 4.79 Å². The van der Waals surface area contributed by atoms with Crippen LogP contribution in [-0.4, -0.2) is 87.1 Å². The monoisotopic (exact) mass is 440 g/mol. The maximum absolute atomic E-state index is 12.6. The lowest BCUT2D eigenvalue weighted by Crippen LogP contribution is -2.52. The van der Waals surface area contributed by atoms with Crippen LogP contribution in [0.3, 0.4) is 0 Å². The number of benzene rings is 1. The van der Waals surface area contributed by atoms with Crippen molar-refractivity contribution in [2.24, 2.45) is 10.9 Å². The normalized spacial score (nSPS) is 23.1. The van der Waals surface area contributed by atoms with Gasteiger partial charge in [-0.05, 0) is 38.3 Å². The number of aryl methyl sites for hydroxylation is 1. The molecular formula is C25H40N6O. The summed E-state index contributed by atoms with van der Waals surface area (Å²) >= 11 is 0. The molecule has 0 radical (unpaired) electrons. The number of anilines is 1. The second-order valence-corrected chi connectivity index (χ2v) is 9.56. The van der Waals surface area contributed by atoms with Crippen molar-refractivity contribution >= 4 is 17.6 Å². The van der Waals surface area contributed by atoms with E-state index in [0.717, 1.165) is 77.6 Å². The molecule has 2 heterocycles. The minimum absolute atomic E-state index is 0.301. The number of amides is 1. The molecule has 1 unspecified atom stereocenters. The summed E-state index contributed by atoms with van der Waals surface area (Å²) in [6.07, 6.45) is 5.76. The van der Waals surface area contributed by atoms with Gasteiger partial charge in [-0.1, -0.05) is 30.5 Å². The summed E-state index contributed by atoms with van der Waals surface area (Å²) in [5.74, 6) is 1.59. The Balaban J connectivity index is 1.13. The molecule has 0 spiro atoms. The summed E-state index contributed by atoms with van der Waals surface area (Å²) in [6, 6.07) is 9.20. The van der Waals surface area contributed by atoms with Crippen LogP contribution in [0.4, 0.5) is 5.69 Å². The maximum atomic E-state index is 12.6. The highest BCUT2D eigenvalue weighted by Crippen LogP contribution is 2.27. The number of carbonyl (C=O) groups excluding carboxylic acids is 1. The highest BCUT2D eigenvalue weighted by molar-refractivity contribution is 5.80. The van der Waals surface area contributed by atoms with Crippen molar-refractivity contribution in [2.75, 3.05) is 64.3 Å². The maximum Gasteiger partial charge on any atom is 0.225 e. The van der Waals surface area contributed by atoms with Crippen molar-refractivity contribution in [3.8, 4) is 0 Å². The molecule has 7 nitrogen and oxygen atoms in total. The number of hydrogen-bond donors (Lipinski definition) is 2. The lowest BCUT2D eigenvalue weighted by molar-refractivity contribution is -0.137. The first-order valence-corrected chi connectivity index (χ1v) is 12.4. The lowest BCUT2D eigenvalue weighted by Gasteiger charge is -2.36. The fourth-order valence-corrected chi connectivity index (χ4v) is 5.21. The predicted octanol–water partition coefficient (Wildman–Crippen LogP) is 2.07. The first kappa shape index (κ1) is 22.9. The van der Waals surface area contributed by atoms with E-state index < -0.39 is 0 Å². The Kier molecular flexibility index (Phi) is 7.90. The van der Waals surface area contributed by atoms with Crippen LogP contribution < -0.4 is 15.5 Å². The van der Waals surface area contributed by atoms with E-state index in [1.165, 1.54) is 24.1 Å². The van der Waals surface area contributed by atoms with Gasteiger partial charge in [0.05, 0.1) is 0 Å². The molecule has 3 fully saturated rings. The summed E-state index contributed by atoms with van der Waals surface area (Å²) in [7, 11) is 1.84. The minimum Gasteiger partial charge on any atom is -0.369 e. The van der Waals surface area contributed by atoms with Gasteiger partial charge < -0.3 is 20.4 Å². The van der Waals surface area contributed by atoms with Gasteiger partial charge in [0, 0.05) is 77.1 Å². The first-order chi connectivity index (χ1) is 15.6. The van der Waals surface area contributed by atoms with Crippen molar-refractivity contribution in [2.45, 2.75) is 45.1 Å². The summed E-state index contributed by atoms with van der Waals surface area (Å²) in [5.41, 5.74) is 2.60. The van der Waals surface area contributed by atoms with Gasteiger partial charge >= 0.3 is 0 Å². The van der Waals surface area contributed by atoms with Crippen LogP contribution in [0.25, 0.3) is 0 Å². The van der Waals surface area contributed by atoms with Crippen molar-refractivity contribution in [3.63, 3.8) is 0 Å². The van der Waals surface area contributed by atoms with E-state index in [4.69, 9.17) is 0 Å². The number of guanidine groups is 1. The zero-order valence-electron chi connectivity index (χ0n) is 19.9. The van der Waals surface area contributed by atoms with Gasteiger partial charge in [0.2, 0.25) is 5.91 Å². The van der Waals surface area contributed by atoms with Crippen LogP contribution in [0.2, 0.25) is 0 Å². The van der Waals surface area contributed by atoms with Gasteiger partial charge in [0.25, 0.3) is 0 Å². The van der Waals surface area contributed by atoms with Crippen LogP contribution in [0.1, 0.15) is 37.7 Å². The van der Waals surface area contributed by atoms with Crippen LogP contribution in [0.15, 0.2) is 29.3 Å². The zero-order chi connectivity index (χ0) is 22.3. The van der Waals surface area contributed by atoms with Crippen molar-refractivity contribution < 1.29 is 4.79 Å². The standard InChI is InChI=1S/C25H40N6O/c1-20-7-9-23(10-8-20)31-13-11-22(19-31)28-25(26-2)27-12-14-29-15-17-30(18-16-29)24(32)21-5-3-4-6-21/h7-10,21-22H,3-6,11-19H2,1-2H3,(H2,26,27,28). The third kappa shape index (κ3) is 5.94. The van der Waals surface area contributed by atoms with Gasteiger partial charge in [0.15, 0.2) is 5.96 Å². The minimum atomic E-state index is 0.301. The highest BCUT2D eigenvalue weighted by atomic mass is 16.2. The molecule has 1 saturated carbocycles. The summed E-state index contributed by atoms with van der Waals surface area (Å²) in [5, 5.41) is 7.08. The average Bonchev–Trinajstić information content (AvgIpc) is 3.51. The van der Waals surface area contributed by atoms with Crippen molar-refractivity contribution in [1.82, 2.24) is 20.4 Å². The Hall–Kier alpha value is -2.28. The van der Waals surface area contributed by atoms with E-state index in [-0.39, 0.29) is 0 Å². The largest absolute Gasteiger partial charge is 0.369 e. The number of rotatable bonds is 6. The molecule has 0 aromatic heterocycles. The molecule has 1 aromatic carbocycles. The molecule has 2 N–H and O–H groups in total. The second-order valence-electron chi connectivity index (χ2n) is 9.56. The molecule has 2 aliphatic heterocycles. The Morgan fingerprint density at radius 1 is 1.03 bits per heavy atom. The number of piperazine rings is 1. The lowest BCUT2D eigenvalue weighted by atomic mass is 10.1. The van der Waals surface area contributed by atoms with Gasteiger partial charge in [-0.2, -0.15) is 0 Å². The number of nitrogens with one attached hydrogen (secondary N) is 2. The number of hydrogen-bond acceptors (Lipinski definition) is 4. The van der Waals surface area contributed by atoms with Gasteiger partial charge in [-0.15, -0.1) is 0 Å². The van der Waals surface area contributed by atoms with Crippen LogP contribution >= 0.6 is 0 Å². The summed E-state index contributed by atoms with van der Waals surface area (Å²) in [4.78, 5) is 24.0. The smallest absolute Gasteiger partial charge is 0.225 e. The van der Waals surface area contributed by atoms with Crippen LogP contribution in [0, 0.1) is 12.8 Å². The Morgan fingerprint density at radius 3 is 2.44 bits per heavy atom. The molecule has 176 valence electrons. The molecule has 32 heavy (non-hydrogen) atoms. The van der Waals surface area contributed by atoms with E-state index in [1.807, 2.05) is 7.05 Å². The Bertz CT molecular complexity index is 765. The summed E-state index contributed by atoms with van der Waals surface area (Å²) < 4.78 is 0. The van der Waals surface area contributed by atoms with Gasteiger partial charge in [-0.25, -0.2) is 0 Å². The molecule has 0 bridgehead atoms. The number of aliphatic imine (C=N–C) groups is 1. The molecule has 4 rings (SSSR count). The third-order valence-corrected chi connectivity index (χ3v) is 7.26. The zero-order valence-corrected chi connectivity index (χ0v) is 19.9. The SMILES string of the molecule is CN=C(NCCN1CCN(C(=O)C2CCCC2)CC1)NC1CCN(c2ccc(C)cc2)C1.